The molecule has 0 aliphatic carbocycles. The van der Waals surface area contributed by atoms with Crippen molar-refractivity contribution in [3.05, 3.63) is 54.4 Å². The first-order valence-corrected chi connectivity index (χ1v) is 6.20. The molecule has 6 heteroatoms. The van der Waals surface area contributed by atoms with Crippen LogP contribution in [0.2, 0.25) is 0 Å². The Bertz CT molecular complexity index is 842. The Balaban J connectivity index is 2.36. The molecule has 0 fully saturated rings. The van der Waals surface area contributed by atoms with E-state index >= 15 is 0 Å². The second-order valence-corrected chi connectivity index (χ2v) is 4.51. The zero-order chi connectivity index (χ0) is 15.0. The number of nitrogen functional groups attached to an aromatic ring is 1. The van der Waals surface area contributed by atoms with Gasteiger partial charge in [0.25, 0.3) is 0 Å². The Kier molecular flexibility index (Phi) is 3.06. The summed E-state index contributed by atoms with van der Waals surface area (Å²) in [7, 11) is 1.28. The van der Waals surface area contributed by atoms with E-state index in [1.54, 1.807) is 22.7 Å². The molecule has 0 unspecified atom stereocenters. The number of ether oxygens (including phenoxy) is 1. The van der Waals surface area contributed by atoms with E-state index < -0.39 is 11.8 Å². The van der Waals surface area contributed by atoms with Gasteiger partial charge in [0.2, 0.25) is 0 Å². The van der Waals surface area contributed by atoms with Crippen molar-refractivity contribution in [2.45, 2.75) is 0 Å². The van der Waals surface area contributed by atoms with E-state index in [1.807, 2.05) is 0 Å². The first-order valence-electron chi connectivity index (χ1n) is 6.20. The second kappa shape index (κ2) is 4.90. The fourth-order valence-electron chi connectivity index (χ4n) is 2.26. The number of nitrogens with zero attached hydrogens (tertiary/aromatic N) is 2. The number of halogens is 1. The molecule has 21 heavy (non-hydrogen) atoms. The lowest BCUT2D eigenvalue weighted by Crippen LogP contribution is -2.10. The predicted octanol–water partition coefficient (Wildman–Crippen LogP) is 2.51. The normalized spacial score (nSPS) is 10.8. The number of pyridine rings is 1. The van der Waals surface area contributed by atoms with Gasteiger partial charge in [0.1, 0.15) is 11.5 Å². The van der Waals surface area contributed by atoms with Gasteiger partial charge in [-0.2, -0.15) is 0 Å². The lowest BCUT2D eigenvalue weighted by atomic mass is 10.0. The van der Waals surface area contributed by atoms with Crippen LogP contribution in [0, 0.1) is 5.82 Å². The molecule has 1 aromatic carbocycles. The number of hydrogen-bond acceptors (Lipinski definition) is 4. The average molecular weight is 285 g/mol. The smallest absolute Gasteiger partial charge is 0.355 e. The summed E-state index contributed by atoms with van der Waals surface area (Å²) in [6.07, 6.45) is 3.08. The summed E-state index contributed by atoms with van der Waals surface area (Å²) in [5.74, 6) is -1.04. The van der Waals surface area contributed by atoms with Crippen LogP contribution in [0.5, 0.6) is 0 Å². The summed E-state index contributed by atoms with van der Waals surface area (Å²) in [5, 5.41) is 0. The van der Waals surface area contributed by atoms with Crippen LogP contribution in [-0.4, -0.2) is 22.5 Å². The number of carbonyl (C=O) groups is 1. The van der Waals surface area contributed by atoms with Crippen molar-refractivity contribution in [3.8, 4) is 11.1 Å². The van der Waals surface area contributed by atoms with Crippen LogP contribution in [0.15, 0.2) is 42.9 Å². The Morgan fingerprint density at radius 3 is 2.86 bits per heavy atom. The van der Waals surface area contributed by atoms with Gasteiger partial charge in [-0.05, 0) is 30.3 Å². The summed E-state index contributed by atoms with van der Waals surface area (Å²) in [4.78, 5) is 16.1. The molecular formula is C15H12FN3O2. The van der Waals surface area contributed by atoms with E-state index in [0.29, 0.717) is 16.8 Å². The topological polar surface area (TPSA) is 69.6 Å². The van der Waals surface area contributed by atoms with Gasteiger partial charge in [0, 0.05) is 16.8 Å². The average Bonchev–Trinajstić information content (AvgIpc) is 2.96. The molecular weight excluding hydrogens is 273 g/mol. The Morgan fingerprint density at radius 1 is 1.29 bits per heavy atom. The SMILES string of the molecule is COC(=O)c1c(-c2cc(N)ccc2F)ccc2cncn12. The number of anilines is 1. The van der Waals surface area contributed by atoms with Crippen LogP contribution < -0.4 is 5.73 Å². The molecule has 0 bridgehead atoms. The van der Waals surface area contributed by atoms with E-state index in [-0.39, 0.29) is 11.3 Å². The van der Waals surface area contributed by atoms with Crippen molar-refractivity contribution in [1.29, 1.82) is 0 Å². The maximum Gasteiger partial charge on any atom is 0.355 e. The van der Waals surface area contributed by atoms with Gasteiger partial charge in [0.15, 0.2) is 0 Å². The molecule has 2 heterocycles. The number of rotatable bonds is 2. The molecule has 0 saturated carbocycles. The van der Waals surface area contributed by atoms with Gasteiger partial charge in [-0.25, -0.2) is 14.2 Å². The van der Waals surface area contributed by atoms with Crippen molar-refractivity contribution < 1.29 is 13.9 Å². The maximum atomic E-state index is 14.1. The molecule has 2 aromatic heterocycles. The van der Waals surface area contributed by atoms with Crippen LogP contribution >= 0.6 is 0 Å². The highest BCUT2D eigenvalue weighted by Gasteiger charge is 2.20. The first kappa shape index (κ1) is 13.1. The van der Waals surface area contributed by atoms with Crippen molar-refractivity contribution in [2.24, 2.45) is 0 Å². The number of fused-ring (bicyclic) bond motifs is 1. The zero-order valence-corrected chi connectivity index (χ0v) is 11.2. The molecule has 106 valence electrons. The molecule has 0 amide bonds. The highest BCUT2D eigenvalue weighted by atomic mass is 19.1. The highest BCUT2D eigenvalue weighted by molar-refractivity contribution is 5.97. The number of nitrogens with two attached hydrogens (primary N) is 1. The van der Waals surface area contributed by atoms with Gasteiger partial charge < -0.3 is 10.5 Å². The third-order valence-electron chi connectivity index (χ3n) is 3.24. The molecule has 0 spiro atoms. The number of methoxy groups -OCH3 is 1. The van der Waals surface area contributed by atoms with Crippen molar-refractivity contribution in [1.82, 2.24) is 9.38 Å². The predicted molar refractivity (Wildman–Crippen MR) is 76.3 cm³/mol. The molecule has 0 atom stereocenters. The van der Waals surface area contributed by atoms with E-state index in [0.717, 1.165) is 0 Å². The van der Waals surface area contributed by atoms with Gasteiger partial charge >= 0.3 is 5.97 Å². The van der Waals surface area contributed by atoms with Crippen LogP contribution in [0.3, 0.4) is 0 Å². The van der Waals surface area contributed by atoms with Gasteiger partial charge in [-0.15, -0.1) is 0 Å². The lowest BCUT2D eigenvalue weighted by Gasteiger charge is -2.12. The van der Waals surface area contributed by atoms with Crippen molar-refractivity contribution >= 4 is 17.2 Å². The third kappa shape index (κ3) is 2.10. The Labute approximate surface area is 119 Å². The molecule has 0 saturated heterocycles. The lowest BCUT2D eigenvalue weighted by molar-refractivity contribution is 0.0593. The van der Waals surface area contributed by atoms with Gasteiger partial charge in [-0.1, -0.05) is 0 Å². The van der Waals surface area contributed by atoms with Crippen LogP contribution in [0.4, 0.5) is 10.1 Å². The summed E-state index contributed by atoms with van der Waals surface area (Å²) in [6, 6.07) is 7.62. The minimum Gasteiger partial charge on any atom is -0.464 e. The van der Waals surface area contributed by atoms with Crippen LogP contribution in [-0.2, 0) is 4.74 Å². The van der Waals surface area contributed by atoms with E-state index in [2.05, 4.69) is 4.98 Å². The molecule has 0 aliphatic rings. The minimum absolute atomic E-state index is 0.206. The van der Waals surface area contributed by atoms with Crippen molar-refractivity contribution in [2.75, 3.05) is 12.8 Å². The molecule has 5 nitrogen and oxygen atoms in total. The summed E-state index contributed by atoms with van der Waals surface area (Å²) in [5.41, 5.74) is 7.68. The van der Waals surface area contributed by atoms with E-state index in [4.69, 9.17) is 10.5 Å². The third-order valence-corrected chi connectivity index (χ3v) is 3.24. The van der Waals surface area contributed by atoms with E-state index in [1.165, 1.54) is 31.6 Å². The highest BCUT2D eigenvalue weighted by Crippen LogP contribution is 2.29. The fourth-order valence-corrected chi connectivity index (χ4v) is 2.26. The van der Waals surface area contributed by atoms with Gasteiger partial charge in [-0.3, -0.25) is 4.40 Å². The van der Waals surface area contributed by atoms with Crippen molar-refractivity contribution in [3.63, 3.8) is 0 Å². The molecule has 3 aromatic rings. The minimum atomic E-state index is -0.574. The molecule has 3 rings (SSSR count). The number of carbonyl (C=O) groups excluding carboxylic acids is 1. The molecule has 0 aliphatic heterocycles. The molecule has 0 radical (unpaired) electrons. The molecule has 2 N–H and O–H groups in total. The quantitative estimate of drug-likeness (QED) is 0.580. The van der Waals surface area contributed by atoms with Crippen LogP contribution in [0.1, 0.15) is 10.5 Å². The monoisotopic (exact) mass is 285 g/mol. The second-order valence-electron chi connectivity index (χ2n) is 4.51. The number of aromatic nitrogens is 2. The number of esters is 1. The van der Waals surface area contributed by atoms with Gasteiger partial charge in [0.05, 0.1) is 25.2 Å². The fraction of sp³-hybridized carbons (Fsp3) is 0.0667. The standard InChI is InChI=1S/C15H12FN3O2/c1-21-15(20)14-11(4-3-10-7-18-8-19(10)14)12-6-9(17)2-5-13(12)16/h2-8H,17H2,1H3. The zero-order valence-electron chi connectivity index (χ0n) is 11.2. The summed E-state index contributed by atoms with van der Waals surface area (Å²) >= 11 is 0. The first-order chi connectivity index (χ1) is 10.1. The Hall–Kier alpha value is -2.89. The summed E-state index contributed by atoms with van der Waals surface area (Å²) in [6.45, 7) is 0. The maximum absolute atomic E-state index is 14.1. The van der Waals surface area contributed by atoms with Crippen LogP contribution in [0.25, 0.3) is 16.6 Å². The number of benzene rings is 1. The number of hydrogen-bond donors (Lipinski definition) is 1. The largest absolute Gasteiger partial charge is 0.464 e. The van der Waals surface area contributed by atoms with E-state index in [9.17, 15) is 9.18 Å². The summed E-state index contributed by atoms with van der Waals surface area (Å²) < 4.78 is 20.5. The Morgan fingerprint density at radius 2 is 2.10 bits per heavy atom. The number of imidazole rings is 1.